The molecule has 0 radical (unpaired) electrons. The second-order valence-electron chi connectivity index (χ2n) is 5.45. The smallest absolute Gasteiger partial charge is 0.223 e. The van der Waals surface area contributed by atoms with Crippen molar-refractivity contribution in [3.63, 3.8) is 0 Å². The van der Waals surface area contributed by atoms with Crippen LogP contribution >= 0.6 is 11.6 Å². The van der Waals surface area contributed by atoms with Gasteiger partial charge in [-0.2, -0.15) is 0 Å². The van der Waals surface area contributed by atoms with Gasteiger partial charge in [0.2, 0.25) is 5.91 Å². The Morgan fingerprint density at radius 2 is 2.00 bits per heavy atom. The quantitative estimate of drug-likeness (QED) is 0.726. The van der Waals surface area contributed by atoms with Gasteiger partial charge in [-0.15, -0.1) is 11.6 Å². The van der Waals surface area contributed by atoms with E-state index in [1.807, 2.05) is 0 Å². The zero-order valence-corrected chi connectivity index (χ0v) is 11.9. The number of hydrogen-bond donors (Lipinski definition) is 1. The van der Waals surface area contributed by atoms with Crippen LogP contribution in [0.5, 0.6) is 0 Å². The van der Waals surface area contributed by atoms with Gasteiger partial charge < -0.3 is 5.32 Å². The maximum atomic E-state index is 12.0. The van der Waals surface area contributed by atoms with E-state index in [0.29, 0.717) is 11.8 Å². The molecule has 1 amide bonds. The van der Waals surface area contributed by atoms with Crippen molar-refractivity contribution >= 4 is 17.5 Å². The zero-order valence-electron chi connectivity index (χ0n) is 11.2. The van der Waals surface area contributed by atoms with Gasteiger partial charge in [-0.05, 0) is 43.9 Å². The Hall–Kier alpha value is -0.240. The van der Waals surface area contributed by atoms with Crippen LogP contribution < -0.4 is 5.32 Å². The largest absolute Gasteiger partial charge is 0.356 e. The molecule has 0 aliphatic heterocycles. The summed E-state index contributed by atoms with van der Waals surface area (Å²) in [4.78, 5) is 12.0. The van der Waals surface area contributed by atoms with Crippen molar-refractivity contribution in [3.8, 4) is 0 Å². The molecule has 0 aromatic carbocycles. The molecule has 2 nitrogen and oxygen atoms in total. The molecular formula is C14H26ClNO. The lowest BCUT2D eigenvalue weighted by Gasteiger charge is -2.26. The minimum absolute atomic E-state index is 0.264. The number of carbonyl (C=O) groups is 1. The number of halogens is 1. The number of hydrogen-bond acceptors (Lipinski definition) is 1. The van der Waals surface area contributed by atoms with Crippen LogP contribution in [-0.2, 0) is 4.79 Å². The Morgan fingerprint density at radius 3 is 2.53 bits per heavy atom. The maximum absolute atomic E-state index is 12.0. The van der Waals surface area contributed by atoms with Gasteiger partial charge in [0.15, 0.2) is 0 Å². The third-order valence-electron chi connectivity index (χ3n) is 4.05. The lowest BCUT2D eigenvalue weighted by atomic mass is 9.82. The minimum atomic E-state index is 0.264. The first kappa shape index (κ1) is 14.8. The number of carbonyl (C=O) groups excluding carboxylic acids is 1. The van der Waals surface area contributed by atoms with Gasteiger partial charge in [0, 0.05) is 18.3 Å². The highest BCUT2D eigenvalue weighted by Gasteiger charge is 2.24. The summed E-state index contributed by atoms with van der Waals surface area (Å²) in [5.74, 6) is 2.57. The molecule has 0 aromatic rings. The van der Waals surface area contributed by atoms with Gasteiger partial charge in [0.1, 0.15) is 0 Å². The van der Waals surface area contributed by atoms with Crippen molar-refractivity contribution in [1.82, 2.24) is 5.32 Å². The van der Waals surface area contributed by atoms with Crippen LogP contribution in [0, 0.1) is 17.8 Å². The molecule has 1 atom stereocenters. The van der Waals surface area contributed by atoms with E-state index in [-0.39, 0.29) is 11.8 Å². The van der Waals surface area contributed by atoms with Crippen LogP contribution in [0.15, 0.2) is 0 Å². The van der Waals surface area contributed by atoms with Crippen LogP contribution in [0.2, 0.25) is 0 Å². The van der Waals surface area contributed by atoms with Gasteiger partial charge in [0.25, 0.3) is 0 Å². The predicted octanol–water partition coefficient (Wildman–Crippen LogP) is 3.58. The molecular weight excluding hydrogens is 234 g/mol. The molecule has 3 heteroatoms. The van der Waals surface area contributed by atoms with Gasteiger partial charge in [-0.3, -0.25) is 4.79 Å². The van der Waals surface area contributed by atoms with Crippen LogP contribution in [0.4, 0.5) is 0 Å². The fourth-order valence-electron chi connectivity index (χ4n) is 2.52. The zero-order chi connectivity index (χ0) is 12.7. The molecule has 0 saturated heterocycles. The molecule has 1 N–H and O–H groups in total. The van der Waals surface area contributed by atoms with Crippen LogP contribution in [0.3, 0.4) is 0 Å². The first-order chi connectivity index (χ1) is 8.17. The molecule has 1 aliphatic carbocycles. The Morgan fingerprint density at radius 1 is 1.35 bits per heavy atom. The molecule has 1 saturated carbocycles. The minimum Gasteiger partial charge on any atom is -0.356 e. The van der Waals surface area contributed by atoms with Crippen LogP contribution in [0.1, 0.15) is 52.4 Å². The lowest BCUT2D eigenvalue weighted by Crippen LogP contribution is -2.36. The normalized spacial score (nSPS) is 26.5. The third-order valence-corrected chi connectivity index (χ3v) is 4.26. The number of alkyl halides is 1. The molecule has 1 fully saturated rings. The Bertz CT molecular complexity index is 224. The Labute approximate surface area is 110 Å². The molecule has 0 heterocycles. The van der Waals surface area contributed by atoms with Crippen molar-refractivity contribution in [1.29, 1.82) is 0 Å². The predicted molar refractivity (Wildman–Crippen MR) is 73.2 cm³/mol. The SMILES string of the molecule is CCC(CCCl)CNC(=O)C1CCC(C)CC1. The fraction of sp³-hybridized carbons (Fsp3) is 0.929. The van der Waals surface area contributed by atoms with Gasteiger partial charge >= 0.3 is 0 Å². The van der Waals surface area contributed by atoms with Gasteiger partial charge in [-0.1, -0.05) is 20.3 Å². The summed E-state index contributed by atoms with van der Waals surface area (Å²) >= 11 is 5.74. The molecule has 0 bridgehead atoms. The second kappa shape index (κ2) is 7.97. The van der Waals surface area contributed by atoms with Crippen molar-refractivity contribution in [3.05, 3.63) is 0 Å². The topological polar surface area (TPSA) is 29.1 Å². The van der Waals surface area contributed by atoms with Gasteiger partial charge in [0.05, 0.1) is 0 Å². The highest BCUT2D eigenvalue weighted by atomic mass is 35.5. The maximum Gasteiger partial charge on any atom is 0.223 e. The van der Waals surface area contributed by atoms with E-state index in [9.17, 15) is 4.79 Å². The number of rotatable bonds is 6. The van der Waals surface area contributed by atoms with E-state index in [2.05, 4.69) is 19.2 Å². The average Bonchev–Trinajstić information content (AvgIpc) is 2.35. The summed E-state index contributed by atoms with van der Waals surface area (Å²) in [6, 6.07) is 0. The van der Waals surface area contributed by atoms with E-state index < -0.39 is 0 Å². The van der Waals surface area contributed by atoms with E-state index in [4.69, 9.17) is 11.6 Å². The monoisotopic (exact) mass is 259 g/mol. The van der Waals surface area contributed by atoms with Crippen molar-refractivity contribution in [2.45, 2.75) is 52.4 Å². The summed E-state index contributed by atoms with van der Waals surface area (Å²) in [5, 5.41) is 3.11. The fourth-order valence-corrected chi connectivity index (χ4v) is 2.82. The lowest BCUT2D eigenvalue weighted by molar-refractivity contribution is -0.126. The average molecular weight is 260 g/mol. The molecule has 100 valence electrons. The van der Waals surface area contributed by atoms with E-state index in [1.54, 1.807) is 0 Å². The summed E-state index contributed by atoms with van der Waals surface area (Å²) in [6.45, 7) is 5.24. The first-order valence-corrected chi connectivity index (χ1v) is 7.54. The van der Waals surface area contributed by atoms with Crippen LogP contribution in [-0.4, -0.2) is 18.3 Å². The Balaban J connectivity index is 2.24. The summed E-state index contributed by atoms with van der Waals surface area (Å²) in [5.41, 5.74) is 0. The molecule has 0 aromatic heterocycles. The summed E-state index contributed by atoms with van der Waals surface area (Å²) in [7, 11) is 0. The summed E-state index contributed by atoms with van der Waals surface area (Å²) < 4.78 is 0. The molecule has 1 unspecified atom stereocenters. The van der Waals surface area contributed by atoms with Crippen molar-refractivity contribution in [2.75, 3.05) is 12.4 Å². The molecule has 17 heavy (non-hydrogen) atoms. The van der Waals surface area contributed by atoms with Crippen molar-refractivity contribution in [2.24, 2.45) is 17.8 Å². The van der Waals surface area contributed by atoms with Gasteiger partial charge in [-0.25, -0.2) is 0 Å². The third kappa shape index (κ3) is 5.29. The highest BCUT2D eigenvalue weighted by Crippen LogP contribution is 2.28. The standard InChI is InChI=1S/C14H26ClNO/c1-3-12(8-9-15)10-16-14(17)13-6-4-11(2)5-7-13/h11-13H,3-10H2,1-2H3,(H,16,17). The second-order valence-corrected chi connectivity index (χ2v) is 5.83. The molecule has 0 spiro atoms. The molecule has 1 aliphatic rings. The van der Waals surface area contributed by atoms with E-state index in [0.717, 1.165) is 38.1 Å². The summed E-state index contributed by atoms with van der Waals surface area (Å²) in [6.07, 6.45) is 6.64. The number of amides is 1. The van der Waals surface area contributed by atoms with E-state index in [1.165, 1.54) is 12.8 Å². The molecule has 1 rings (SSSR count). The first-order valence-electron chi connectivity index (χ1n) is 7.01. The van der Waals surface area contributed by atoms with Crippen molar-refractivity contribution < 1.29 is 4.79 Å². The highest BCUT2D eigenvalue weighted by molar-refractivity contribution is 6.17. The van der Waals surface area contributed by atoms with Crippen LogP contribution in [0.25, 0.3) is 0 Å². The Kier molecular flexibility index (Phi) is 6.94. The number of nitrogens with one attached hydrogen (secondary N) is 1. The van der Waals surface area contributed by atoms with E-state index >= 15 is 0 Å².